The molecule has 1 nitrogen and oxygen atoms in total. The van der Waals surface area contributed by atoms with Gasteiger partial charge in [0.05, 0.1) is 6.61 Å². The molecule has 0 spiro atoms. The van der Waals surface area contributed by atoms with Crippen molar-refractivity contribution >= 4 is 0 Å². The van der Waals surface area contributed by atoms with Crippen molar-refractivity contribution in [1.82, 2.24) is 0 Å². The van der Waals surface area contributed by atoms with Crippen molar-refractivity contribution in [3.8, 4) is 0 Å². The molecule has 0 aliphatic rings. The van der Waals surface area contributed by atoms with E-state index in [1.807, 2.05) is 6.92 Å². The Morgan fingerprint density at radius 1 is 1.06 bits per heavy atom. The molecular weight excluding hydrogens is 215 g/mol. The Morgan fingerprint density at radius 3 is 2.18 bits per heavy atom. The minimum Gasteiger partial charge on any atom is -0.384 e. The van der Waals surface area contributed by atoms with Crippen LogP contribution in [0.4, 0.5) is 4.39 Å². The predicted octanol–water partition coefficient (Wildman–Crippen LogP) is 5.14. The summed E-state index contributed by atoms with van der Waals surface area (Å²) in [5, 5.41) is 0. The van der Waals surface area contributed by atoms with E-state index in [0.717, 1.165) is 6.42 Å². The third-order valence-corrected chi connectivity index (χ3v) is 3.66. The lowest BCUT2D eigenvalue weighted by atomic mass is 9.76. The summed E-state index contributed by atoms with van der Waals surface area (Å²) in [5.41, 5.74) is -1.07. The molecule has 104 valence electrons. The molecule has 0 saturated carbocycles. The minimum atomic E-state index is -1.06. The van der Waals surface area contributed by atoms with E-state index >= 15 is 0 Å². The maximum absolute atomic E-state index is 14.2. The first-order valence-electron chi connectivity index (χ1n) is 7.07. The zero-order chi connectivity index (χ0) is 13.4. The average Bonchev–Trinajstić information content (AvgIpc) is 2.24. The van der Waals surface area contributed by atoms with Crippen molar-refractivity contribution < 1.29 is 9.13 Å². The lowest BCUT2D eigenvalue weighted by molar-refractivity contribution is 0.0237. The van der Waals surface area contributed by atoms with Crippen LogP contribution < -0.4 is 0 Å². The standard InChI is InChI=1S/C15H31FO/c1-6-8-9-10-11-14(3,13-17-5)12-15(4,16)7-2/h6-13H2,1-5H3. The number of halogens is 1. The molecular formula is C15H31FO. The van der Waals surface area contributed by atoms with Gasteiger partial charge in [0.15, 0.2) is 0 Å². The topological polar surface area (TPSA) is 9.23 Å². The van der Waals surface area contributed by atoms with Crippen LogP contribution in [0.1, 0.15) is 72.6 Å². The molecule has 0 N–H and O–H groups in total. The Balaban J connectivity index is 4.24. The summed E-state index contributed by atoms with van der Waals surface area (Å²) in [6, 6.07) is 0. The Labute approximate surface area is 107 Å². The van der Waals surface area contributed by atoms with E-state index in [9.17, 15) is 4.39 Å². The summed E-state index contributed by atoms with van der Waals surface area (Å²) in [7, 11) is 1.71. The van der Waals surface area contributed by atoms with Gasteiger partial charge in [-0.05, 0) is 31.6 Å². The molecule has 0 aliphatic carbocycles. The van der Waals surface area contributed by atoms with Crippen LogP contribution in [0, 0.1) is 5.41 Å². The fourth-order valence-corrected chi connectivity index (χ4v) is 2.55. The molecule has 0 aliphatic heterocycles. The highest BCUT2D eigenvalue weighted by atomic mass is 19.1. The number of hydrogen-bond donors (Lipinski definition) is 0. The molecule has 0 radical (unpaired) electrons. The van der Waals surface area contributed by atoms with Crippen molar-refractivity contribution in [3.63, 3.8) is 0 Å². The summed E-state index contributed by atoms with van der Waals surface area (Å²) in [6.45, 7) is 8.68. The summed E-state index contributed by atoms with van der Waals surface area (Å²) in [4.78, 5) is 0. The fraction of sp³-hybridized carbons (Fsp3) is 1.00. The van der Waals surface area contributed by atoms with E-state index in [4.69, 9.17) is 4.74 Å². The molecule has 0 fully saturated rings. The van der Waals surface area contributed by atoms with Gasteiger partial charge in [0, 0.05) is 7.11 Å². The molecule has 0 aromatic heterocycles. The van der Waals surface area contributed by atoms with Gasteiger partial charge in [0.25, 0.3) is 0 Å². The fourth-order valence-electron chi connectivity index (χ4n) is 2.55. The molecule has 2 unspecified atom stereocenters. The second-order valence-electron chi connectivity index (χ2n) is 6.00. The van der Waals surface area contributed by atoms with Gasteiger partial charge < -0.3 is 4.74 Å². The highest BCUT2D eigenvalue weighted by Crippen LogP contribution is 2.37. The molecule has 0 rings (SSSR count). The van der Waals surface area contributed by atoms with Gasteiger partial charge in [-0.15, -0.1) is 0 Å². The van der Waals surface area contributed by atoms with E-state index < -0.39 is 5.67 Å². The summed E-state index contributed by atoms with van der Waals surface area (Å²) in [6.07, 6.45) is 7.23. The van der Waals surface area contributed by atoms with Crippen LogP contribution in [0.25, 0.3) is 0 Å². The maximum atomic E-state index is 14.2. The predicted molar refractivity (Wildman–Crippen MR) is 73.2 cm³/mol. The van der Waals surface area contributed by atoms with Crippen LogP contribution in [0.5, 0.6) is 0 Å². The first-order chi connectivity index (χ1) is 7.89. The lowest BCUT2D eigenvalue weighted by Gasteiger charge is -2.34. The van der Waals surface area contributed by atoms with Crippen molar-refractivity contribution in [2.75, 3.05) is 13.7 Å². The normalized spacial score (nSPS) is 18.7. The van der Waals surface area contributed by atoms with E-state index in [2.05, 4.69) is 13.8 Å². The van der Waals surface area contributed by atoms with Crippen molar-refractivity contribution in [3.05, 3.63) is 0 Å². The summed E-state index contributed by atoms with van der Waals surface area (Å²) in [5.74, 6) is 0. The van der Waals surface area contributed by atoms with Crippen molar-refractivity contribution in [2.24, 2.45) is 5.41 Å². The third kappa shape index (κ3) is 7.75. The van der Waals surface area contributed by atoms with E-state index in [-0.39, 0.29) is 5.41 Å². The number of unbranched alkanes of at least 4 members (excludes halogenated alkanes) is 3. The number of methoxy groups -OCH3 is 1. The SMILES string of the molecule is CCCCCCC(C)(COC)CC(C)(F)CC. The first kappa shape index (κ1) is 16.9. The van der Waals surface area contributed by atoms with E-state index in [1.54, 1.807) is 14.0 Å². The number of rotatable bonds is 10. The monoisotopic (exact) mass is 246 g/mol. The van der Waals surface area contributed by atoms with Gasteiger partial charge in [-0.2, -0.15) is 0 Å². The molecule has 2 atom stereocenters. The zero-order valence-corrected chi connectivity index (χ0v) is 12.4. The van der Waals surface area contributed by atoms with Crippen LogP contribution >= 0.6 is 0 Å². The van der Waals surface area contributed by atoms with Crippen molar-refractivity contribution in [2.45, 2.75) is 78.3 Å². The maximum Gasteiger partial charge on any atom is 0.108 e. The second-order valence-corrected chi connectivity index (χ2v) is 6.00. The first-order valence-corrected chi connectivity index (χ1v) is 7.07. The van der Waals surface area contributed by atoms with E-state index in [1.165, 1.54) is 25.7 Å². The Bertz CT molecular complexity index is 191. The van der Waals surface area contributed by atoms with Gasteiger partial charge in [0.1, 0.15) is 5.67 Å². The third-order valence-electron chi connectivity index (χ3n) is 3.66. The van der Waals surface area contributed by atoms with Crippen LogP contribution in [0.15, 0.2) is 0 Å². The molecule has 2 heteroatoms. The Morgan fingerprint density at radius 2 is 1.71 bits per heavy atom. The number of ether oxygens (including phenoxy) is 1. The Kier molecular flexibility index (Phi) is 8.02. The highest BCUT2D eigenvalue weighted by Gasteiger charge is 2.34. The van der Waals surface area contributed by atoms with Crippen LogP contribution in [0.3, 0.4) is 0 Å². The molecule has 0 saturated heterocycles. The van der Waals surface area contributed by atoms with Gasteiger partial charge in [0.2, 0.25) is 0 Å². The number of hydrogen-bond acceptors (Lipinski definition) is 1. The zero-order valence-electron chi connectivity index (χ0n) is 12.4. The minimum absolute atomic E-state index is 0.0119. The molecule has 0 bridgehead atoms. The van der Waals surface area contributed by atoms with Gasteiger partial charge >= 0.3 is 0 Å². The van der Waals surface area contributed by atoms with Gasteiger partial charge in [-0.1, -0.05) is 46.5 Å². The number of alkyl halides is 1. The summed E-state index contributed by atoms with van der Waals surface area (Å²) < 4.78 is 19.4. The average molecular weight is 246 g/mol. The van der Waals surface area contributed by atoms with Crippen molar-refractivity contribution in [1.29, 1.82) is 0 Å². The highest BCUT2D eigenvalue weighted by molar-refractivity contribution is 4.84. The van der Waals surface area contributed by atoms with E-state index in [0.29, 0.717) is 19.4 Å². The largest absolute Gasteiger partial charge is 0.384 e. The summed E-state index contributed by atoms with van der Waals surface area (Å²) >= 11 is 0. The van der Waals surface area contributed by atoms with Crippen LogP contribution in [-0.2, 0) is 4.74 Å². The molecule has 17 heavy (non-hydrogen) atoms. The second kappa shape index (κ2) is 8.07. The molecule has 0 aromatic rings. The van der Waals surface area contributed by atoms with Gasteiger partial charge in [-0.25, -0.2) is 4.39 Å². The lowest BCUT2D eigenvalue weighted by Crippen LogP contribution is -2.32. The molecule has 0 aromatic carbocycles. The van der Waals surface area contributed by atoms with Crippen LogP contribution in [-0.4, -0.2) is 19.4 Å². The quantitative estimate of drug-likeness (QED) is 0.485. The molecule has 0 amide bonds. The smallest absolute Gasteiger partial charge is 0.108 e. The van der Waals surface area contributed by atoms with Gasteiger partial charge in [-0.3, -0.25) is 0 Å². The Hall–Kier alpha value is -0.110. The van der Waals surface area contributed by atoms with Crippen LogP contribution in [0.2, 0.25) is 0 Å². The molecule has 0 heterocycles.